The molecule has 1 amide bonds. The second-order valence-corrected chi connectivity index (χ2v) is 7.74. The molecule has 1 fully saturated rings. The standard InChI is InChI=1S/C21H21NO3S2/c1-4-14(2)25-17-11-7-5-9-15(17)13-19-20(23)22(21(26)27-19)16-10-6-8-12-18(16)24-3/h5-14H,4H2,1-3H3/b19-13+/t14-/m1/s1. The molecule has 0 unspecified atom stereocenters. The number of thioether (sulfide) groups is 1. The van der Waals surface area contributed by atoms with Gasteiger partial charge in [-0.25, -0.2) is 0 Å². The highest BCUT2D eigenvalue weighted by Crippen LogP contribution is 2.40. The summed E-state index contributed by atoms with van der Waals surface area (Å²) in [6.07, 6.45) is 2.85. The summed E-state index contributed by atoms with van der Waals surface area (Å²) in [5.41, 5.74) is 1.51. The monoisotopic (exact) mass is 399 g/mol. The van der Waals surface area contributed by atoms with Crippen LogP contribution in [0.5, 0.6) is 11.5 Å². The first-order valence-corrected chi connectivity index (χ1v) is 9.94. The van der Waals surface area contributed by atoms with Gasteiger partial charge in [0.15, 0.2) is 4.32 Å². The van der Waals surface area contributed by atoms with Gasteiger partial charge in [0, 0.05) is 5.56 Å². The molecule has 1 saturated heterocycles. The molecule has 0 radical (unpaired) electrons. The Balaban J connectivity index is 1.94. The third kappa shape index (κ3) is 4.17. The van der Waals surface area contributed by atoms with Crippen molar-refractivity contribution in [3.8, 4) is 11.5 Å². The minimum atomic E-state index is -0.159. The fourth-order valence-electron chi connectivity index (χ4n) is 2.64. The first-order chi connectivity index (χ1) is 13.0. The van der Waals surface area contributed by atoms with Crippen molar-refractivity contribution < 1.29 is 14.3 Å². The van der Waals surface area contributed by atoms with Crippen molar-refractivity contribution in [3.63, 3.8) is 0 Å². The van der Waals surface area contributed by atoms with Gasteiger partial charge in [0.05, 0.1) is 23.8 Å². The highest BCUT2D eigenvalue weighted by Gasteiger charge is 2.35. The van der Waals surface area contributed by atoms with E-state index in [0.29, 0.717) is 20.7 Å². The molecule has 27 heavy (non-hydrogen) atoms. The van der Waals surface area contributed by atoms with Crippen molar-refractivity contribution >= 4 is 46.0 Å². The minimum Gasteiger partial charge on any atom is -0.495 e. The van der Waals surface area contributed by atoms with Gasteiger partial charge >= 0.3 is 0 Å². The van der Waals surface area contributed by atoms with Crippen LogP contribution in [0, 0.1) is 0 Å². The Bertz CT molecular complexity index is 895. The lowest BCUT2D eigenvalue weighted by molar-refractivity contribution is -0.113. The predicted molar refractivity (Wildman–Crippen MR) is 115 cm³/mol. The van der Waals surface area contributed by atoms with Crippen molar-refractivity contribution in [2.24, 2.45) is 0 Å². The summed E-state index contributed by atoms with van der Waals surface area (Å²) in [4.78, 5) is 15.1. The van der Waals surface area contributed by atoms with E-state index in [1.807, 2.05) is 61.5 Å². The van der Waals surface area contributed by atoms with Crippen LogP contribution in [0.4, 0.5) is 5.69 Å². The summed E-state index contributed by atoms with van der Waals surface area (Å²) in [5, 5.41) is 0. The summed E-state index contributed by atoms with van der Waals surface area (Å²) in [7, 11) is 1.58. The largest absolute Gasteiger partial charge is 0.495 e. The highest BCUT2D eigenvalue weighted by molar-refractivity contribution is 8.27. The van der Waals surface area contributed by atoms with E-state index in [1.165, 1.54) is 16.7 Å². The molecule has 1 aliphatic rings. The van der Waals surface area contributed by atoms with Gasteiger partial charge in [0.25, 0.3) is 5.91 Å². The molecule has 0 bridgehead atoms. The molecule has 2 aromatic carbocycles. The molecule has 3 rings (SSSR count). The van der Waals surface area contributed by atoms with Gasteiger partial charge in [0.2, 0.25) is 0 Å². The van der Waals surface area contributed by atoms with Gasteiger partial charge in [-0.1, -0.05) is 61.2 Å². The third-order valence-electron chi connectivity index (χ3n) is 4.23. The van der Waals surface area contributed by atoms with Crippen molar-refractivity contribution in [1.82, 2.24) is 0 Å². The summed E-state index contributed by atoms with van der Waals surface area (Å²) in [5.74, 6) is 1.21. The van der Waals surface area contributed by atoms with E-state index in [1.54, 1.807) is 7.11 Å². The molecular weight excluding hydrogens is 378 g/mol. The molecule has 0 N–H and O–H groups in total. The Hall–Kier alpha value is -2.31. The van der Waals surface area contributed by atoms with E-state index >= 15 is 0 Å². The molecular formula is C21H21NO3S2. The quantitative estimate of drug-likeness (QED) is 0.488. The molecule has 6 heteroatoms. The van der Waals surface area contributed by atoms with Crippen molar-refractivity contribution in [3.05, 3.63) is 59.0 Å². The minimum absolute atomic E-state index is 0.0997. The van der Waals surface area contributed by atoms with E-state index in [2.05, 4.69) is 6.92 Å². The summed E-state index contributed by atoms with van der Waals surface area (Å²) in [6, 6.07) is 15.1. The number of carbonyl (C=O) groups is 1. The van der Waals surface area contributed by atoms with E-state index in [-0.39, 0.29) is 12.0 Å². The normalized spacial score (nSPS) is 16.7. The van der Waals surface area contributed by atoms with Crippen LogP contribution in [-0.4, -0.2) is 23.4 Å². The molecule has 1 heterocycles. The first kappa shape index (κ1) is 19.5. The third-order valence-corrected chi connectivity index (χ3v) is 5.53. The van der Waals surface area contributed by atoms with Crippen LogP contribution in [0.25, 0.3) is 6.08 Å². The maximum absolute atomic E-state index is 13.0. The van der Waals surface area contributed by atoms with Crippen molar-refractivity contribution in [1.29, 1.82) is 0 Å². The van der Waals surface area contributed by atoms with E-state index in [0.717, 1.165) is 17.7 Å². The molecule has 0 saturated carbocycles. The van der Waals surface area contributed by atoms with Crippen LogP contribution < -0.4 is 14.4 Å². The van der Waals surface area contributed by atoms with Crippen molar-refractivity contribution in [2.75, 3.05) is 12.0 Å². The van der Waals surface area contributed by atoms with Crippen LogP contribution in [0.3, 0.4) is 0 Å². The fraction of sp³-hybridized carbons (Fsp3) is 0.238. The molecule has 0 aromatic heterocycles. The van der Waals surface area contributed by atoms with Gasteiger partial charge in [-0.3, -0.25) is 9.69 Å². The van der Waals surface area contributed by atoms with Crippen LogP contribution >= 0.6 is 24.0 Å². The number of carbonyl (C=O) groups excluding carboxylic acids is 1. The number of hydrogen-bond acceptors (Lipinski definition) is 5. The number of benzene rings is 2. The Morgan fingerprint density at radius 3 is 2.52 bits per heavy atom. The van der Waals surface area contributed by atoms with Gasteiger partial charge in [-0.2, -0.15) is 0 Å². The number of thiocarbonyl (C=S) groups is 1. The Kier molecular flexibility index (Phi) is 6.19. The summed E-state index contributed by atoms with van der Waals surface area (Å²) >= 11 is 6.74. The number of para-hydroxylation sites is 3. The number of nitrogens with zero attached hydrogens (tertiary/aromatic N) is 1. The molecule has 4 nitrogen and oxygen atoms in total. The molecule has 1 aliphatic heterocycles. The second-order valence-electron chi connectivity index (χ2n) is 6.06. The maximum atomic E-state index is 13.0. The fourth-order valence-corrected chi connectivity index (χ4v) is 3.91. The lowest BCUT2D eigenvalue weighted by Gasteiger charge is -2.17. The molecule has 2 aromatic rings. The summed E-state index contributed by atoms with van der Waals surface area (Å²) < 4.78 is 11.8. The summed E-state index contributed by atoms with van der Waals surface area (Å²) in [6.45, 7) is 4.10. The molecule has 140 valence electrons. The van der Waals surface area contributed by atoms with E-state index in [9.17, 15) is 4.79 Å². The van der Waals surface area contributed by atoms with Gasteiger partial charge < -0.3 is 9.47 Å². The number of anilines is 1. The number of amides is 1. The van der Waals surface area contributed by atoms with E-state index < -0.39 is 0 Å². The topological polar surface area (TPSA) is 38.8 Å². The SMILES string of the molecule is CC[C@@H](C)Oc1ccccc1/C=C1/SC(=S)N(c2ccccc2OC)C1=O. The van der Waals surface area contributed by atoms with Crippen LogP contribution in [0.15, 0.2) is 53.4 Å². The second kappa shape index (κ2) is 8.59. The smallest absolute Gasteiger partial charge is 0.270 e. The Morgan fingerprint density at radius 2 is 1.81 bits per heavy atom. The zero-order valence-electron chi connectivity index (χ0n) is 15.5. The predicted octanol–water partition coefficient (Wildman–Crippen LogP) is 5.28. The number of methoxy groups -OCH3 is 1. The van der Waals surface area contributed by atoms with Crippen molar-refractivity contribution in [2.45, 2.75) is 26.4 Å². The van der Waals surface area contributed by atoms with Crippen LogP contribution in [-0.2, 0) is 4.79 Å². The molecule has 0 spiro atoms. The van der Waals surface area contributed by atoms with E-state index in [4.69, 9.17) is 21.7 Å². The van der Waals surface area contributed by atoms with Crippen LogP contribution in [0.2, 0.25) is 0 Å². The molecule has 0 aliphatic carbocycles. The van der Waals surface area contributed by atoms with Gasteiger partial charge in [-0.05, 0) is 37.6 Å². The first-order valence-electron chi connectivity index (χ1n) is 8.71. The zero-order chi connectivity index (χ0) is 19.4. The number of ether oxygens (including phenoxy) is 2. The molecule has 1 atom stereocenters. The Morgan fingerprint density at radius 1 is 1.15 bits per heavy atom. The average molecular weight is 400 g/mol. The lowest BCUT2D eigenvalue weighted by atomic mass is 10.1. The van der Waals surface area contributed by atoms with Crippen LogP contribution in [0.1, 0.15) is 25.8 Å². The zero-order valence-corrected chi connectivity index (χ0v) is 17.1. The Labute approximate surface area is 169 Å². The lowest BCUT2D eigenvalue weighted by Crippen LogP contribution is -2.27. The highest BCUT2D eigenvalue weighted by atomic mass is 32.2. The average Bonchev–Trinajstić information content (AvgIpc) is 2.96. The maximum Gasteiger partial charge on any atom is 0.270 e. The van der Waals surface area contributed by atoms with Gasteiger partial charge in [-0.15, -0.1) is 0 Å². The number of rotatable bonds is 6. The van der Waals surface area contributed by atoms with Gasteiger partial charge in [0.1, 0.15) is 11.5 Å². The number of hydrogen-bond donors (Lipinski definition) is 0.